The molecule has 1 aromatic carbocycles. The third kappa shape index (κ3) is 2.35. The summed E-state index contributed by atoms with van der Waals surface area (Å²) in [5.74, 6) is -6.27. The van der Waals surface area contributed by atoms with E-state index in [-0.39, 0.29) is 30.4 Å². The molecule has 1 heterocycles. The zero-order chi connectivity index (χ0) is 22.2. The van der Waals surface area contributed by atoms with Crippen molar-refractivity contribution in [3.63, 3.8) is 0 Å². The summed E-state index contributed by atoms with van der Waals surface area (Å²) in [6.07, 6.45) is -0.0268. The number of ketones is 2. The van der Waals surface area contributed by atoms with Crippen LogP contribution in [0.3, 0.4) is 0 Å². The van der Waals surface area contributed by atoms with Gasteiger partial charge in [-0.05, 0) is 30.4 Å². The van der Waals surface area contributed by atoms with E-state index in [0.717, 1.165) is 5.39 Å². The largest absolute Gasteiger partial charge is 0.508 e. The molecule has 2 aromatic rings. The van der Waals surface area contributed by atoms with Crippen molar-refractivity contribution in [2.45, 2.75) is 24.9 Å². The maximum atomic E-state index is 13.4. The fourth-order valence-electron chi connectivity index (χ4n) is 5.28. The highest BCUT2D eigenvalue weighted by molar-refractivity contribution is 6.22. The summed E-state index contributed by atoms with van der Waals surface area (Å²) in [6.45, 7) is 0. The Labute approximate surface area is 174 Å². The van der Waals surface area contributed by atoms with E-state index in [1.807, 2.05) is 0 Å². The fourth-order valence-corrected chi connectivity index (χ4v) is 5.28. The predicted octanol–water partition coefficient (Wildman–Crippen LogP) is 0.560. The number of pyridine rings is 1. The van der Waals surface area contributed by atoms with Crippen LogP contribution in [0.5, 0.6) is 0 Å². The van der Waals surface area contributed by atoms with Crippen molar-refractivity contribution in [1.82, 2.24) is 4.98 Å². The third-order valence-electron chi connectivity index (χ3n) is 6.69. The first-order chi connectivity index (χ1) is 14.7. The van der Waals surface area contributed by atoms with E-state index in [2.05, 4.69) is 4.98 Å². The van der Waals surface area contributed by atoms with Crippen LogP contribution in [0.25, 0.3) is 16.7 Å². The van der Waals surface area contributed by atoms with Gasteiger partial charge in [-0.25, -0.2) is 0 Å². The van der Waals surface area contributed by atoms with Gasteiger partial charge in [0.05, 0.1) is 5.56 Å². The van der Waals surface area contributed by atoms with Crippen LogP contribution in [0.2, 0.25) is 0 Å². The summed E-state index contributed by atoms with van der Waals surface area (Å²) in [6, 6.07) is 7.07. The molecule has 1 amide bonds. The Morgan fingerprint density at radius 1 is 1.13 bits per heavy atom. The number of carbonyl (C=O) groups is 3. The molecule has 31 heavy (non-hydrogen) atoms. The van der Waals surface area contributed by atoms with Crippen molar-refractivity contribution in [2.24, 2.45) is 17.6 Å². The topological polar surface area (TPSA) is 171 Å². The number of aromatic nitrogens is 1. The highest BCUT2D eigenvalue weighted by Crippen LogP contribution is 2.50. The number of nitrogens with two attached hydrogens (primary N) is 1. The Morgan fingerprint density at radius 3 is 2.55 bits per heavy atom. The van der Waals surface area contributed by atoms with Crippen molar-refractivity contribution in [3.05, 3.63) is 62.7 Å². The number of nitrogens with one attached hydrogen (secondary N) is 1. The van der Waals surface area contributed by atoms with Gasteiger partial charge in [-0.15, -0.1) is 0 Å². The molecule has 0 spiro atoms. The molecule has 9 heteroatoms. The van der Waals surface area contributed by atoms with Gasteiger partial charge in [0, 0.05) is 28.8 Å². The van der Waals surface area contributed by atoms with E-state index < -0.39 is 57.6 Å². The van der Waals surface area contributed by atoms with Crippen LogP contribution >= 0.6 is 0 Å². The standard InChI is InChI=1S/C22H18N2O7/c23-20(29)16-13(25)7-9-5-8-6-11-10-3-1-2-4-12(10)24-21(30)15(11)17(26)14(8)18(27)22(9,31)19(16)28/h1-4,8-9,26,28,31H,5-7H2,(H2,23,29)(H,24,30)/t8-,9?,22+/m1/s1. The number of rotatable bonds is 1. The van der Waals surface area contributed by atoms with Crippen LogP contribution in [0.4, 0.5) is 0 Å². The SMILES string of the molecule is NC(=O)C1=C(O)[C@@]2(O)C(=O)C3=C(O)c4c(c5ccccc5[nH]c4=O)C[C@H]3CC2CC1=O. The number of Topliss-reactive ketones (excluding diaryl/α,β-unsaturated/α-hetero) is 2. The van der Waals surface area contributed by atoms with Crippen LogP contribution in [0, 0.1) is 11.8 Å². The zero-order valence-electron chi connectivity index (χ0n) is 16.1. The lowest BCUT2D eigenvalue weighted by Crippen LogP contribution is -2.58. The number of hydrogen-bond acceptors (Lipinski definition) is 7. The molecule has 0 saturated heterocycles. The third-order valence-corrected chi connectivity index (χ3v) is 6.69. The predicted molar refractivity (Wildman–Crippen MR) is 108 cm³/mol. The molecule has 6 N–H and O–H groups in total. The Balaban J connectivity index is 1.76. The molecule has 0 bridgehead atoms. The van der Waals surface area contributed by atoms with Gasteiger partial charge in [0.2, 0.25) is 5.78 Å². The van der Waals surface area contributed by atoms with E-state index >= 15 is 0 Å². The minimum Gasteiger partial charge on any atom is -0.508 e. The number of carbonyl (C=O) groups excluding carboxylic acids is 3. The minimum atomic E-state index is -2.57. The van der Waals surface area contributed by atoms with E-state index in [4.69, 9.17) is 5.73 Å². The van der Waals surface area contributed by atoms with Gasteiger partial charge < -0.3 is 26.0 Å². The van der Waals surface area contributed by atoms with Gasteiger partial charge in [-0.2, -0.15) is 0 Å². The Kier molecular flexibility index (Phi) is 3.82. The molecule has 0 radical (unpaired) electrons. The number of hydrogen-bond donors (Lipinski definition) is 5. The average Bonchev–Trinajstić information content (AvgIpc) is 2.70. The lowest BCUT2D eigenvalue weighted by Gasteiger charge is -2.45. The highest BCUT2D eigenvalue weighted by atomic mass is 16.3. The van der Waals surface area contributed by atoms with Crippen molar-refractivity contribution in [3.8, 4) is 0 Å². The zero-order valence-corrected chi connectivity index (χ0v) is 16.1. The molecule has 1 fully saturated rings. The number of aliphatic hydroxyl groups excluding tert-OH is 2. The van der Waals surface area contributed by atoms with Gasteiger partial charge in [-0.3, -0.25) is 19.2 Å². The van der Waals surface area contributed by atoms with Crippen LogP contribution in [-0.2, 0) is 20.8 Å². The van der Waals surface area contributed by atoms with Gasteiger partial charge in [0.1, 0.15) is 17.1 Å². The van der Waals surface area contributed by atoms with E-state index in [9.17, 15) is 34.5 Å². The molecule has 158 valence electrons. The van der Waals surface area contributed by atoms with Crippen molar-refractivity contribution < 1.29 is 29.7 Å². The summed E-state index contributed by atoms with van der Waals surface area (Å²) in [4.78, 5) is 52.7. The number of primary amides is 1. The number of aromatic amines is 1. The molecule has 3 aliphatic carbocycles. The summed E-state index contributed by atoms with van der Waals surface area (Å²) in [7, 11) is 0. The summed E-state index contributed by atoms with van der Waals surface area (Å²) < 4.78 is 0. The van der Waals surface area contributed by atoms with Gasteiger partial charge in [0.25, 0.3) is 11.5 Å². The van der Waals surface area contributed by atoms with Gasteiger partial charge in [0.15, 0.2) is 11.4 Å². The lowest BCUT2D eigenvalue weighted by atomic mass is 9.59. The number of benzene rings is 1. The van der Waals surface area contributed by atoms with E-state index in [1.54, 1.807) is 24.3 Å². The quantitative estimate of drug-likeness (QED) is 0.418. The molecule has 1 unspecified atom stereocenters. The molecular weight excluding hydrogens is 404 g/mol. The molecular formula is C22H18N2O7. The molecule has 9 nitrogen and oxygen atoms in total. The summed E-state index contributed by atoms with van der Waals surface area (Å²) in [5.41, 5.74) is 2.09. The molecule has 1 aromatic heterocycles. The van der Waals surface area contributed by atoms with E-state index in [0.29, 0.717) is 11.1 Å². The minimum absolute atomic E-state index is 0.0640. The van der Waals surface area contributed by atoms with E-state index in [1.165, 1.54) is 0 Å². The average molecular weight is 422 g/mol. The number of para-hydroxylation sites is 1. The Morgan fingerprint density at radius 2 is 1.84 bits per heavy atom. The maximum Gasteiger partial charge on any atom is 0.259 e. The van der Waals surface area contributed by atoms with Crippen LogP contribution < -0.4 is 11.3 Å². The van der Waals surface area contributed by atoms with Gasteiger partial charge in [-0.1, -0.05) is 18.2 Å². The Hall–Kier alpha value is -3.72. The molecule has 3 atom stereocenters. The first-order valence-corrected chi connectivity index (χ1v) is 9.77. The van der Waals surface area contributed by atoms with Crippen LogP contribution in [-0.4, -0.2) is 43.4 Å². The molecule has 0 aliphatic heterocycles. The first-order valence-electron chi connectivity index (χ1n) is 9.77. The number of H-pyrrole nitrogens is 1. The second kappa shape index (κ2) is 6.14. The molecule has 1 saturated carbocycles. The fraction of sp³-hybridized carbons (Fsp3) is 0.273. The molecule has 3 aliphatic rings. The van der Waals surface area contributed by atoms with Gasteiger partial charge >= 0.3 is 0 Å². The summed E-state index contributed by atoms with van der Waals surface area (Å²) in [5, 5.41) is 33.4. The summed E-state index contributed by atoms with van der Waals surface area (Å²) >= 11 is 0. The maximum absolute atomic E-state index is 13.4. The first kappa shape index (κ1) is 19.3. The van der Waals surface area contributed by atoms with Crippen LogP contribution in [0.15, 0.2) is 46.0 Å². The number of aliphatic hydroxyl groups is 3. The number of fused-ring (bicyclic) bond motifs is 5. The normalized spacial score (nSPS) is 27.8. The van der Waals surface area contributed by atoms with Crippen molar-refractivity contribution in [1.29, 1.82) is 0 Å². The smallest absolute Gasteiger partial charge is 0.259 e. The van der Waals surface area contributed by atoms with Crippen molar-refractivity contribution in [2.75, 3.05) is 0 Å². The lowest BCUT2D eigenvalue weighted by molar-refractivity contribution is -0.147. The second-order valence-corrected chi connectivity index (χ2v) is 8.26. The highest BCUT2D eigenvalue weighted by Gasteiger charge is 2.60. The molecule has 5 rings (SSSR count). The number of amides is 1. The second-order valence-electron chi connectivity index (χ2n) is 8.26. The Bertz CT molecular complexity index is 1350. The van der Waals surface area contributed by atoms with Crippen molar-refractivity contribution >= 4 is 34.1 Å². The van der Waals surface area contributed by atoms with Crippen LogP contribution in [0.1, 0.15) is 24.0 Å². The monoisotopic (exact) mass is 422 g/mol.